The van der Waals surface area contributed by atoms with Crippen molar-refractivity contribution in [2.45, 2.75) is 25.4 Å². The third-order valence-corrected chi connectivity index (χ3v) is 3.17. The van der Waals surface area contributed by atoms with Crippen molar-refractivity contribution in [1.82, 2.24) is 9.38 Å². The summed E-state index contributed by atoms with van der Waals surface area (Å²) >= 11 is 0. The van der Waals surface area contributed by atoms with Gasteiger partial charge in [0.1, 0.15) is 11.4 Å². The lowest BCUT2D eigenvalue weighted by molar-refractivity contribution is 0.111. The number of methoxy groups -OCH3 is 1. The van der Waals surface area contributed by atoms with Crippen molar-refractivity contribution in [1.29, 1.82) is 0 Å². The molecule has 2 aromatic heterocycles. The molecule has 4 nitrogen and oxygen atoms in total. The number of aromatic nitrogens is 2. The van der Waals surface area contributed by atoms with E-state index in [1.807, 2.05) is 22.7 Å². The lowest BCUT2D eigenvalue weighted by Gasteiger charge is -2.05. The van der Waals surface area contributed by atoms with Gasteiger partial charge in [0, 0.05) is 19.2 Å². The zero-order valence-corrected chi connectivity index (χ0v) is 9.93. The summed E-state index contributed by atoms with van der Waals surface area (Å²) in [7, 11) is 1.67. The Kier molecular flexibility index (Phi) is 2.73. The number of ether oxygens (including phenoxy) is 2. The number of pyridine rings is 1. The van der Waals surface area contributed by atoms with Gasteiger partial charge >= 0.3 is 0 Å². The Balaban J connectivity index is 1.85. The number of imidazole rings is 1. The lowest BCUT2D eigenvalue weighted by Crippen LogP contribution is -2.08. The Morgan fingerprint density at radius 2 is 2.41 bits per heavy atom. The fourth-order valence-electron chi connectivity index (χ4n) is 2.28. The van der Waals surface area contributed by atoms with Gasteiger partial charge in [0.15, 0.2) is 0 Å². The average Bonchev–Trinajstić information content (AvgIpc) is 2.96. The normalized spacial score (nSPS) is 19.9. The van der Waals surface area contributed by atoms with Crippen LogP contribution in [-0.4, -0.2) is 29.2 Å². The van der Waals surface area contributed by atoms with E-state index in [1.165, 1.54) is 6.42 Å². The number of fused-ring (bicyclic) bond motifs is 1. The zero-order chi connectivity index (χ0) is 11.7. The summed E-state index contributed by atoms with van der Waals surface area (Å²) in [6.45, 7) is 0.895. The molecule has 1 saturated heterocycles. The standard InChI is InChI=1S/C13H16N2O2/c1-16-12-4-5-13-14-10(8-15(13)9-12)7-11-3-2-6-17-11/h4-5,8-9,11H,2-3,6-7H2,1H3. The van der Waals surface area contributed by atoms with Gasteiger partial charge in [0.05, 0.1) is 25.1 Å². The van der Waals surface area contributed by atoms with Crippen molar-refractivity contribution >= 4 is 5.65 Å². The van der Waals surface area contributed by atoms with Crippen molar-refractivity contribution < 1.29 is 9.47 Å². The van der Waals surface area contributed by atoms with Crippen LogP contribution in [0.4, 0.5) is 0 Å². The fourth-order valence-corrected chi connectivity index (χ4v) is 2.28. The second-order valence-electron chi connectivity index (χ2n) is 4.41. The van der Waals surface area contributed by atoms with E-state index in [0.29, 0.717) is 6.10 Å². The van der Waals surface area contributed by atoms with Crippen LogP contribution in [0.5, 0.6) is 5.75 Å². The molecule has 1 unspecified atom stereocenters. The first-order chi connectivity index (χ1) is 8.35. The first-order valence-corrected chi connectivity index (χ1v) is 5.98. The SMILES string of the molecule is COc1ccc2nc(CC3CCCO3)cn2c1. The van der Waals surface area contributed by atoms with Gasteiger partial charge in [-0.3, -0.25) is 0 Å². The third kappa shape index (κ3) is 2.13. The quantitative estimate of drug-likeness (QED) is 0.812. The van der Waals surface area contributed by atoms with Gasteiger partial charge in [0.2, 0.25) is 0 Å². The summed E-state index contributed by atoms with van der Waals surface area (Å²) in [4.78, 5) is 4.58. The molecular weight excluding hydrogens is 216 g/mol. The molecule has 4 heteroatoms. The molecule has 0 saturated carbocycles. The predicted molar refractivity (Wildman–Crippen MR) is 64.4 cm³/mol. The Labute approximate surface area is 100 Å². The molecule has 3 heterocycles. The van der Waals surface area contributed by atoms with Crippen molar-refractivity contribution in [2.75, 3.05) is 13.7 Å². The minimum Gasteiger partial charge on any atom is -0.495 e. The summed E-state index contributed by atoms with van der Waals surface area (Å²) in [5.74, 6) is 0.846. The maximum atomic E-state index is 5.62. The molecule has 90 valence electrons. The molecule has 1 aliphatic rings. The number of hydrogen-bond donors (Lipinski definition) is 0. The highest BCUT2D eigenvalue weighted by atomic mass is 16.5. The number of rotatable bonds is 3. The van der Waals surface area contributed by atoms with Crippen molar-refractivity contribution in [3.05, 3.63) is 30.2 Å². The maximum absolute atomic E-state index is 5.62. The second-order valence-corrected chi connectivity index (χ2v) is 4.41. The van der Waals surface area contributed by atoms with Crippen molar-refractivity contribution in [3.63, 3.8) is 0 Å². The van der Waals surface area contributed by atoms with Crippen LogP contribution in [0.15, 0.2) is 24.5 Å². The van der Waals surface area contributed by atoms with Crippen LogP contribution in [-0.2, 0) is 11.2 Å². The largest absolute Gasteiger partial charge is 0.495 e. The van der Waals surface area contributed by atoms with Crippen molar-refractivity contribution in [2.24, 2.45) is 0 Å². The van der Waals surface area contributed by atoms with E-state index in [0.717, 1.165) is 36.5 Å². The minimum atomic E-state index is 0.349. The molecule has 0 aromatic carbocycles. The molecule has 2 aromatic rings. The molecular formula is C13H16N2O2. The Morgan fingerprint density at radius 1 is 1.47 bits per heavy atom. The van der Waals surface area contributed by atoms with E-state index in [9.17, 15) is 0 Å². The first-order valence-electron chi connectivity index (χ1n) is 5.98. The smallest absolute Gasteiger partial charge is 0.137 e. The molecule has 17 heavy (non-hydrogen) atoms. The van der Waals surface area contributed by atoms with Crippen LogP contribution in [0.3, 0.4) is 0 Å². The fraction of sp³-hybridized carbons (Fsp3) is 0.462. The monoisotopic (exact) mass is 232 g/mol. The molecule has 0 spiro atoms. The molecule has 3 rings (SSSR count). The van der Waals surface area contributed by atoms with E-state index < -0.39 is 0 Å². The third-order valence-electron chi connectivity index (χ3n) is 3.17. The van der Waals surface area contributed by atoms with Crippen LogP contribution in [0.2, 0.25) is 0 Å². The van der Waals surface area contributed by atoms with E-state index >= 15 is 0 Å². The summed E-state index contributed by atoms with van der Waals surface area (Å²) in [6, 6.07) is 3.90. The van der Waals surface area contributed by atoms with Crippen LogP contribution < -0.4 is 4.74 Å². The van der Waals surface area contributed by atoms with E-state index in [1.54, 1.807) is 7.11 Å². The Bertz CT molecular complexity index is 515. The lowest BCUT2D eigenvalue weighted by atomic mass is 10.1. The summed E-state index contributed by atoms with van der Waals surface area (Å²) in [5.41, 5.74) is 2.05. The van der Waals surface area contributed by atoms with Crippen LogP contribution in [0.25, 0.3) is 5.65 Å². The molecule has 0 radical (unpaired) electrons. The molecule has 0 bridgehead atoms. The average molecular weight is 232 g/mol. The summed E-state index contributed by atoms with van der Waals surface area (Å²) in [6.07, 6.45) is 7.58. The van der Waals surface area contributed by atoms with E-state index in [-0.39, 0.29) is 0 Å². The first kappa shape index (κ1) is 10.6. The van der Waals surface area contributed by atoms with E-state index in [2.05, 4.69) is 11.2 Å². The highest BCUT2D eigenvalue weighted by Gasteiger charge is 2.17. The van der Waals surface area contributed by atoms with Gasteiger partial charge < -0.3 is 13.9 Å². The van der Waals surface area contributed by atoms with Crippen LogP contribution in [0.1, 0.15) is 18.5 Å². The van der Waals surface area contributed by atoms with Gasteiger partial charge in [-0.05, 0) is 25.0 Å². The zero-order valence-electron chi connectivity index (χ0n) is 9.93. The molecule has 1 atom stereocenters. The molecule has 1 aliphatic heterocycles. The maximum Gasteiger partial charge on any atom is 0.137 e. The van der Waals surface area contributed by atoms with E-state index in [4.69, 9.17) is 9.47 Å². The Morgan fingerprint density at radius 3 is 3.18 bits per heavy atom. The Hall–Kier alpha value is -1.55. The highest BCUT2D eigenvalue weighted by Crippen LogP contribution is 2.18. The van der Waals surface area contributed by atoms with Gasteiger partial charge in [-0.2, -0.15) is 0 Å². The molecule has 0 N–H and O–H groups in total. The van der Waals surface area contributed by atoms with Gasteiger partial charge in [-0.25, -0.2) is 4.98 Å². The van der Waals surface area contributed by atoms with Gasteiger partial charge in [0.25, 0.3) is 0 Å². The van der Waals surface area contributed by atoms with Gasteiger partial charge in [-0.15, -0.1) is 0 Å². The minimum absolute atomic E-state index is 0.349. The van der Waals surface area contributed by atoms with Crippen LogP contribution in [0, 0.1) is 0 Å². The second kappa shape index (κ2) is 4.37. The summed E-state index contributed by atoms with van der Waals surface area (Å²) < 4.78 is 12.8. The van der Waals surface area contributed by atoms with Crippen molar-refractivity contribution in [3.8, 4) is 5.75 Å². The summed E-state index contributed by atoms with van der Waals surface area (Å²) in [5, 5.41) is 0. The number of hydrogen-bond acceptors (Lipinski definition) is 3. The topological polar surface area (TPSA) is 35.8 Å². The van der Waals surface area contributed by atoms with Crippen LogP contribution >= 0.6 is 0 Å². The van der Waals surface area contributed by atoms with Gasteiger partial charge in [-0.1, -0.05) is 0 Å². The predicted octanol–water partition coefficient (Wildman–Crippen LogP) is 2.06. The molecule has 0 amide bonds. The highest BCUT2D eigenvalue weighted by molar-refractivity contribution is 5.43. The molecule has 1 fully saturated rings. The molecule has 0 aliphatic carbocycles. The number of nitrogens with zero attached hydrogens (tertiary/aromatic N) is 2.